The van der Waals surface area contributed by atoms with Crippen LogP contribution in [-0.2, 0) is 13.0 Å². The van der Waals surface area contributed by atoms with Gasteiger partial charge in [0.2, 0.25) is 0 Å². The summed E-state index contributed by atoms with van der Waals surface area (Å²) in [6.07, 6.45) is 0.915. The molecule has 0 radical (unpaired) electrons. The Bertz CT molecular complexity index is 516. The monoisotopic (exact) mass is 339 g/mol. The van der Waals surface area contributed by atoms with Gasteiger partial charge in [0, 0.05) is 12.1 Å². The molecule has 0 aliphatic rings. The number of rotatable bonds is 6. The largest absolute Gasteiger partial charge is 0.497 e. The molecule has 0 aromatic heterocycles. The number of halogens is 2. The molecule has 108 valence electrons. The van der Waals surface area contributed by atoms with Gasteiger partial charge in [-0.1, -0.05) is 30.3 Å². The van der Waals surface area contributed by atoms with Crippen LogP contribution in [0.2, 0.25) is 0 Å². The van der Waals surface area contributed by atoms with Gasteiger partial charge in [-0.15, -0.1) is 17.0 Å². The third kappa shape index (κ3) is 4.94. The fourth-order valence-corrected chi connectivity index (χ4v) is 1.89. The zero-order chi connectivity index (χ0) is 13.5. The van der Waals surface area contributed by atoms with Crippen molar-refractivity contribution in [3.63, 3.8) is 0 Å². The molecule has 20 heavy (non-hydrogen) atoms. The van der Waals surface area contributed by atoms with Gasteiger partial charge >= 0.3 is 0 Å². The molecule has 0 heterocycles. The van der Waals surface area contributed by atoms with E-state index in [-0.39, 0.29) is 22.8 Å². The molecule has 0 aliphatic carbocycles. The second-order valence-electron chi connectivity index (χ2n) is 4.37. The summed E-state index contributed by atoms with van der Waals surface area (Å²) in [5, 5.41) is 3.25. The van der Waals surface area contributed by atoms with Crippen LogP contribution in [0.4, 0.5) is 4.39 Å². The highest BCUT2D eigenvalue weighted by molar-refractivity contribution is 8.93. The Labute approximate surface area is 129 Å². The highest BCUT2D eigenvalue weighted by Gasteiger charge is 1.99. The standard InChI is InChI=1S/C16H18FNO.BrH/c1-19-15-8-6-13(7-9-15)10-11-18-12-14-4-2-3-5-16(14)17;/h2-9,18H,10-12H2,1H3;1H. The number of hydrogen-bond donors (Lipinski definition) is 1. The number of hydrogen-bond acceptors (Lipinski definition) is 2. The first-order valence-corrected chi connectivity index (χ1v) is 6.36. The summed E-state index contributed by atoms with van der Waals surface area (Å²) in [5.41, 5.74) is 1.94. The summed E-state index contributed by atoms with van der Waals surface area (Å²) >= 11 is 0. The van der Waals surface area contributed by atoms with Crippen molar-refractivity contribution in [1.29, 1.82) is 0 Å². The maximum atomic E-state index is 13.4. The Kier molecular flexibility index (Phi) is 7.26. The van der Waals surface area contributed by atoms with Crippen LogP contribution in [0, 0.1) is 5.82 Å². The topological polar surface area (TPSA) is 21.3 Å². The Hall–Kier alpha value is -1.39. The lowest BCUT2D eigenvalue weighted by Crippen LogP contribution is -2.17. The molecule has 0 unspecified atom stereocenters. The third-order valence-electron chi connectivity index (χ3n) is 3.02. The van der Waals surface area contributed by atoms with Gasteiger partial charge in [0.25, 0.3) is 0 Å². The second kappa shape index (κ2) is 8.72. The van der Waals surface area contributed by atoms with Crippen molar-refractivity contribution < 1.29 is 9.13 Å². The van der Waals surface area contributed by atoms with Crippen LogP contribution in [0.1, 0.15) is 11.1 Å². The predicted octanol–water partition coefficient (Wildman–Crippen LogP) is 3.74. The van der Waals surface area contributed by atoms with E-state index in [1.54, 1.807) is 19.2 Å². The average Bonchev–Trinajstić information content (AvgIpc) is 2.46. The van der Waals surface area contributed by atoms with Gasteiger partial charge in [0.15, 0.2) is 0 Å². The molecule has 1 N–H and O–H groups in total. The molecule has 0 saturated carbocycles. The third-order valence-corrected chi connectivity index (χ3v) is 3.02. The van der Waals surface area contributed by atoms with Crippen LogP contribution in [-0.4, -0.2) is 13.7 Å². The molecule has 2 rings (SSSR count). The number of ether oxygens (including phenoxy) is 1. The van der Waals surface area contributed by atoms with E-state index >= 15 is 0 Å². The van der Waals surface area contributed by atoms with E-state index in [4.69, 9.17) is 4.74 Å². The van der Waals surface area contributed by atoms with Gasteiger partial charge in [-0.3, -0.25) is 0 Å². The van der Waals surface area contributed by atoms with Crippen LogP contribution in [0.15, 0.2) is 48.5 Å². The lowest BCUT2D eigenvalue weighted by molar-refractivity contribution is 0.414. The van der Waals surface area contributed by atoms with E-state index in [1.807, 2.05) is 30.3 Å². The summed E-state index contributed by atoms with van der Waals surface area (Å²) in [6.45, 7) is 1.38. The van der Waals surface area contributed by atoms with E-state index in [0.717, 1.165) is 18.7 Å². The van der Waals surface area contributed by atoms with E-state index in [0.29, 0.717) is 12.1 Å². The Morgan fingerprint density at radius 3 is 2.40 bits per heavy atom. The smallest absolute Gasteiger partial charge is 0.127 e. The molecule has 0 bridgehead atoms. The summed E-state index contributed by atoms with van der Waals surface area (Å²) < 4.78 is 18.5. The molecule has 0 atom stereocenters. The maximum absolute atomic E-state index is 13.4. The number of nitrogens with one attached hydrogen (secondary N) is 1. The number of methoxy groups -OCH3 is 1. The molecular weight excluding hydrogens is 321 g/mol. The molecule has 4 heteroatoms. The Morgan fingerprint density at radius 2 is 1.75 bits per heavy atom. The van der Waals surface area contributed by atoms with Gasteiger partial charge in [-0.25, -0.2) is 4.39 Å². The van der Waals surface area contributed by atoms with Crippen molar-refractivity contribution in [2.45, 2.75) is 13.0 Å². The first-order valence-electron chi connectivity index (χ1n) is 6.36. The molecule has 0 fully saturated rings. The second-order valence-corrected chi connectivity index (χ2v) is 4.37. The molecule has 0 saturated heterocycles. The first-order chi connectivity index (χ1) is 9.29. The fraction of sp³-hybridized carbons (Fsp3) is 0.250. The Balaban J connectivity index is 0.00000200. The SMILES string of the molecule is Br.COc1ccc(CCNCc2ccccc2F)cc1. The highest BCUT2D eigenvalue weighted by Crippen LogP contribution is 2.11. The zero-order valence-corrected chi connectivity index (χ0v) is 13.1. The van der Waals surface area contributed by atoms with Gasteiger partial charge < -0.3 is 10.1 Å². The van der Waals surface area contributed by atoms with E-state index in [9.17, 15) is 4.39 Å². The van der Waals surface area contributed by atoms with Crippen molar-refractivity contribution in [2.75, 3.05) is 13.7 Å². The molecule has 0 spiro atoms. The molecule has 2 aromatic carbocycles. The number of benzene rings is 2. The van der Waals surface area contributed by atoms with Gasteiger partial charge in [-0.2, -0.15) is 0 Å². The van der Waals surface area contributed by atoms with Crippen LogP contribution in [0.25, 0.3) is 0 Å². The lowest BCUT2D eigenvalue weighted by Gasteiger charge is -2.06. The molecule has 0 aliphatic heterocycles. The van der Waals surface area contributed by atoms with Gasteiger partial charge in [0.1, 0.15) is 11.6 Å². The quantitative estimate of drug-likeness (QED) is 0.809. The van der Waals surface area contributed by atoms with Crippen LogP contribution >= 0.6 is 17.0 Å². The van der Waals surface area contributed by atoms with Crippen LogP contribution in [0.3, 0.4) is 0 Å². The summed E-state index contributed by atoms with van der Waals surface area (Å²) in [4.78, 5) is 0. The molecular formula is C16H19BrFNO. The van der Waals surface area contributed by atoms with Crippen molar-refractivity contribution >= 4 is 17.0 Å². The normalized spacial score (nSPS) is 9.90. The van der Waals surface area contributed by atoms with Crippen LogP contribution < -0.4 is 10.1 Å². The maximum Gasteiger partial charge on any atom is 0.127 e. The summed E-state index contributed by atoms with van der Waals surface area (Å²) in [7, 11) is 1.66. The zero-order valence-electron chi connectivity index (χ0n) is 11.4. The van der Waals surface area contributed by atoms with Crippen molar-refractivity contribution in [3.8, 4) is 5.75 Å². The highest BCUT2D eigenvalue weighted by atomic mass is 79.9. The first kappa shape index (κ1) is 16.7. The van der Waals surface area contributed by atoms with Crippen molar-refractivity contribution in [3.05, 3.63) is 65.5 Å². The molecule has 2 nitrogen and oxygen atoms in total. The minimum atomic E-state index is -0.153. The predicted molar refractivity (Wildman–Crippen MR) is 85.1 cm³/mol. The van der Waals surface area contributed by atoms with Gasteiger partial charge in [0.05, 0.1) is 7.11 Å². The minimum Gasteiger partial charge on any atom is -0.497 e. The molecule has 0 amide bonds. The van der Waals surface area contributed by atoms with E-state index in [2.05, 4.69) is 5.32 Å². The van der Waals surface area contributed by atoms with Crippen molar-refractivity contribution in [1.82, 2.24) is 5.32 Å². The molecule has 2 aromatic rings. The fourth-order valence-electron chi connectivity index (χ4n) is 1.89. The van der Waals surface area contributed by atoms with E-state index in [1.165, 1.54) is 11.6 Å². The minimum absolute atomic E-state index is 0. The Morgan fingerprint density at radius 1 is 1.05 bits per heavy atom. The average molecular weight is 340 g/mol. The van der Waals surface area contributed by atoms with Crippen LogP contribution in [0.5, 0.6) is 5.75 Å². The summed E-state index contributed by atoms with van der Waals surface area (Å²) in [6, 6.07) is 14.8. The van der Waals surface area contributed by atoms with E-state index < -0.39 is 0 Å². The van der Waals surface area contributed by atoms with Gasteiger partial charge in [-0.05, 0) is 36.7 Å². The van der Waals surface area contributed by atoms with Crippen molar-refractivity contribution in [2.24, 2.45) is 0 Å². The lowest BCUT2D eigenvalue weighted by atomic mass is 10.1. The summed E-state index contributed by atoms with van der Waals surface area (Å²) in [5.74, 6) is 0.711.